The highest BCUT2D eigenvalue weighted by Gasteiger charge is 2.26. The molecule has 0 bridgehead atoms. The van der Waals surface area contributed by atoms with Crippen LogP contribution in [0.1, 0.15) is 57.2 Å². The molecule has 7 nitrogen and oxygen atoms in total. The largest absolute Gasteiger partial charge is 0.524 e. The summed E-state index contributed by atoms with van der Waals surface area (Å²) in [6.07, 6.45) is 1.98. The summed E-state index contributed by atoms with van der Waals surface area (Å²) in [6.45, 7) is 2.08. The molecule has 146 valence electrons. The van der Waals surface area contributed by atoms with E-state index >= 15 is 0 Å². The van der Waals surface area contributed by atoms with Gasteiger partial charge in [0.2, 0.25) is 5.91 Å². The lowest BCUT2D eigenvalue weighted by Crippen LogP contribution is -2.20. The number of phosphoric acid groups is 1. The zero-order chi connectivity index (χ0) is 19.6. The van der Waals surface area contributed by atoms with Crippen molar-refractivity contribution in [1.82, 2.24) is 5.32 Å². The quantitative estimate of drug-likeness (QED) is 0.374. The Hall–Kier alpha value is -1.76. The molecule has 1 unspecified atom stereocenters. The molecule has 0 saturated heterocycles. The van der Waals surface area contributed by atoms with Crippen molar-refractivity contribution in [3.05, 3.63) is 29.8 Å². The fourth-order valence-electron chi connectivity index (χ4n) is 2.42. The van der Waals surface area contributed by atoms with Crippen molar-refractivity contribution in [2.24, 2.45) is 0 Å². The molecule has 0 saturated carbocycles. The normalized spacial score (nSPS) is 12.5. The number of benzene rings is 1. The molecule has 9 heteroatoms. The van der Waals surface area contributed by atoms with E-state index in [9.17, 15) is 18.5 Å². The van der Waals surface area contributed by atoms with Crippen LogP contribution in [0, 0.1) is 0 Å². The van der Waals surface area contributed by atoms with Crippen LogP contribution < -0.4 is 9.84 Å². The number of hydrogen-bond donors (Lipinski definition) is 3. The summed E-state index contributed by atoms with van der Waals surface area (Å²) in [5, 5.41) is 2.70. The first kappa shape index (κ1) is 22.3. The van der Waals surface area contributed by atoms with Gasteiger partial charge in [0.15, 0.2) is 12.0 Å². The minimum atomic E-state index is -4.83. The second-order valence-corrected chi connectivity index (χ2v) is 7.11. The third-order valence-electron chi connectivity index (χ3n) is 3.67. The molecule has 0 spiro atoms. The molecule has 0 fully saturated rings. The Labute approximate surface area is 152 Å². The molecule has 1 aromatic rings. The van der Waals surface area contributed by atoms with E-state index in [4.69, 9.17) is 9.79 Å². The average molecular weight is 389 g/mol. The second-order valence-electron chi connectivity index (χ2n) is 5.95. The summed E-state index contributed by atoms with van der Waals surface area (Å²) >= 11 is 0. The van der Waals surface area contributed by atoms with Gasteiger partial charge in [0, 0.05) is 25.5 Å². The number of Topliss-reactive ketones (excluding diaryl/α,β-unsaturated/α-hetero) is 1. The standard InChI is InChI=1S/C17H25FNO6P/c1-13(20)19-12-8-4-2-3-5-10-15(21)17(18)14-9-6-7-11-16(14)25-26(22,23)24/h6-7,9,11,17H,2-5,8,10,12H2,1H3,(H,19,20)(H2,22,23,24). The number of halogens is 1. The number of alkyl halides is 1. The number of amides is 1. The Morgan fingerprint density at radius 1 is 1.15 bits per heavy atom. The van der Waals surface area contributed by atoms with Crippen LogP contribution in [0.25, 0.3) is 0 Å². The molecular formula is C17H25FNO6P. The van der Waals surface area contributed by atoms with E-state index in [1.807, 2.05) is 0 Å². The van der Waals surface area contributed by atoms with Crippen LogP contribution in [0.4, 0.5) is 4.39 Å². The lowest BCUT2D eigenvalue weighted by atomic mass is 10.0. The third kappa shape index (κ3) is 9.08. The Balaban J connectivity index is 2.39. The van der Waals surface area contributed by atoms with Gasteiger partial charge in [-0.05, 0) is 18.9 Å². The minimum Gasteiger partial charge on any atom is -0.404 e. The monoisotopic (exact) mass is 389 g/mol. The molecule has 1 atom stereocenters. The van der Waals surface area contributed by atoms with Gasteiger partial charge in [-0.1, -0.05) is 37.5 Å². The van der Waals surface area contributed by atoms with Crippen LogP contribution in [0.2, 0.25) is 0 Å². The van der Waals surface area contributed by atoms with Crippen LogP contribution in [-0.2, 0) is 14.2 Å². The summed E-state index contributed by atoms with van der Waals surface area (Å²) in [5.74, 6) is -1.04. The molecule has 0 aliphatic carbocycles. The number of phosphoric ester groups is 1. The smallest absolute Gasteiger partial charge is 0.404 e. The SMILES string of the molecule is CC(=O)NCCCCCCCC(=O)C(F)c1ccccc1OP(=O)(O)O. The molecule has 3 N–H and O–H groups in total. The molecule has 26 heavy (non-hydrogen) atoms. The van der Waals surface area contributed by atoms with Crippen molar-refractivity contribution in [3.8, 4) is 5.75 Å². The first-order valence-electron chi connectivity index (χ1n) is 8.46. The number of ketones is 1. The van der Waals surface area contributed by atoms with Crippen LogP contribution in [0.15, 0.2) is 24.3 Å². The molecule has 0 radical (unpaired) electrons. The van der Waals surface area contributed by atoms with Crippen molar-refractivity contribution < 1.29 is 32.9 Å². The predicted molar refractivity (Wildman–Crippen MR) is 94.4 cm³/mol. The number of carbonyl (C=O) groups is 2. The zero-order valence-corrected chi connectivity index (χ0v) is 15.6. The summed E-state index contributed by atoms with van der Waals surface area (Å²) in [5.41, 5.74) is -0.184. The number of hydrogen-bond acceptors (Lipinski definition) is 4. The molecule has 1 amide bonds. The summed E-state index contributed by atoms with van der Waals surface area (Å²) in [6, 6.07) is 5.39. The van der Waals surface area contributed by atoms with E-state index < -0.39 is 19.8 Å². The van der Waals surface area contributed by atoms with E-state index in [0.717, 1.165) is 25.7 Å². The van der Waals surface area contributed by atoms with E-state index in [1.54, 1.807) is 0 Å². The first-order valence-corrected chi connectivity index (χ1v) is 9.99. The maximum Gasteiger partial charge on any atom is 0.524 e. The van der Waals surface area contributed by atoms with Crippen molar-refractivity contribution in [2.75, 3.05) is 6.54 Å². The van der Waals surface area contributed by atoms with Crippen molar-refractivity contribution in [1.29, 1.82) is 0 Å². The van der Waals surface area contributed by atoms with Gasteiger partial charge in [-0.15, -0.1) is 0 Å². The van der Waals surface area contributed by atoms with Crippen molar-refractivity contribution >= 4 is 19.5 Å². The maximum absolute atomic E-state index is 14.4. The topological polar surface area (TPSA) is 113 Å². The fraction of sp³-hybridized carbons (Fsp3) is 0.529. The minimum absolute atomic E-state index is 0.0388. The predicted octanol–water partition coefficient (Wildman–Crippen LogP) is 3.21. The summed E-state index contributed by atoms with van der Waals surface area (Å²) in [7, 11) is -4.83. The Morgan fingerprint density at radius 3 is 2.42 bits per heavy atom. The molecule has 1 rings (SSSR count). The van der Waals surface area contributed by atoms with Gasteiger partial charge in [-0.3, -0.25) is 19.4 Å². The number of rotatable bonds is 12. The van der Waals surface area contributed by atoms with Gasteiger partial charge < -0.3 is 9.84 Å². The van der Waals surface area contributed by atoms with E-state index in [2.05, 4.69) is 9.84 Å². The Morgan fingerprint density at radius 2 is 1.77 bits per heavy atom. The van der Waals surface area contributed by atoms with Crippen LogP contribution in [-0.4, -0.2) is 28.0 Å². The molecule has 1 aromatic carbocycles. The molecular weight excluding hydrogens is 364 g/mol. The summed E-state index contributed by atoms with van der Waals surface area (Å²) in [4.78, 5) is 40.4. The highest BCUT2D eigenvalue weighted by molar-refractivity contribution is 7.46. The van der Waals surface area contributed by atoms with Gasteiger partial charge in [0.25, 0.3) is 0 Å². The lowest BCUT2D eigenvalue weighted by Gasteiger charge is -2.14. The van der Waals surface area contributed by atoms with E-state index in [-0.39, 0.29) is 23.6 Å². The zero-order valence-electron chi connectivity index (χ0n) is 14.7. The maximum atomic E-state index is 14.4. The van der Waals surface area contributed by atoms with Crippen LogP contribution >= 0.6 is 7.82 Å². The average Bonchev–Trinajstić information content (AvgIpc) is 2.55. The number of nitrogens with one attached hydrogen (secondary N) is 1. The number of unbranched alkanes of at least 4 members (excludes halogenated alkanes) is 4. The van der Waals surface area contributed by atoms with Gasteiger partial charge in [-0.2, -0.15) is 0 Å². The van der Waals surface area contributed by atoms with Gasteiger partial charge in [0.1, 0.15) is 5.75 Å². The second kappa shape index (κ2) is 11.1. The van der Waals surface area contributed by atoms with Gasteiger partial charge in [0.05, 0.1) is 0 Å². The Kier molecular flexibility index (Phi) is 9.48. The van der Waals surface area contributed by atoms with Crippen LogP contribution in [0.3, 0.4) is 0 Å². The van der Waals surface area contributed by atoms with E-state index in [0.29, 0.717) is 13.0 Å². The van der Waals surface area contributed by atoms with Crippen molar-refractivity contribution in [3.63, 3.8) is 0 Å². The molecule has 0 aliphatic rings. The highest BCUT2D eigenvalue weighted by Crippen LogP contribution is 2.41. The first-order chi connectivity index (χ1) is 12.2. The molecule has 0 heterocycles. The van der Waals surface area contributed by atoms with Crippen LogP contribution in [0.5, 0.6) is 5.75 Å². The van der Waals surface area contributed by atoms with E-state index in [1.165, 1.54) is 31.2 Å². The fourth-order valence-corrected chi connectivity index (χ4v) is 2.84. The number of carbonyl (C=O) groups excluding carboxylic acids is 2. The highest BCUT2D eigenvalue weighted by atomic mass is 31.2. The van der Waals surface area contributed by atoms with Crippen molar-refractivity contribution in [2.45, 2.75) is 51.6 Å². The Bertz CT molecular complexity index is 648. The number of para-hydroxylation sites is 1. The lowest BCUT2D eigenvalue weighted by molar-refractivity contribution is -0.124. The van der Waals surface area contributed by atoms with Gasteiger partial charge in [-0.25, -0.2) is 8.96 Å². The molecule has 0 aromatic heterocycles. The summed E-state index contributed by atoms with van der Waals surface area (Å²) < 4.78 is 29.8. The molecule has 0 aliphatic heterocycles. The third-order valence-corrected chi connectivity index (χ3v) is 4.10. The van der Waals surface area contributed by atoms with Gasteiger partial charge >= 0.3 is 7.82 Å².